The predicted octanol–water partition coefficient (Wildman–Crippen LogP) is 3.25. The molecule has 0 aliphatic heterocycles. The molecule has 1 aromatic heterocycles. The summed E-state index contributed by atoms with van der Waals surface area (Å²) in [6.45, 7) is 2.05. The van der Waals surface area contributed by atoms with Crippen molar-refractivity contribution in [3.8, 4) is 0 Å². The van der Waals surface area contributed by atoms with Gasteiger partial charge >= 0.3 is 0 Å². The normalized spacial score (nSPS) is 13.2. The number of likely N-dealkylation sites (N-methyl/N-ethyl adjacent to an activating group) is 1. The molecule has 4 heteroatoms. The second-order valence-corrected chi connectivity index (χ2v) is 4.14. The first-order valence-electron chi connectivity index (χ1n) is 5.68. The van der Waals surface area contributed by atoms with Gasteiger partial charge in [-0.25, -0.2) is 8.78 Å². The van der Waals surface area contributed by atoms with Crippen LogP contribution in [0.15, 0.2) is 22.8 Å². The second kappa shape index (κ2) is 4.84. The molecular formula is C13H15F2NO. The summed E-state index contributed by atoms with van der Waals surface area (Å²) in [5.41, 5.74) is 0.764. The quantitative estimate of drug-likeness (QED) is 0.886. The Bertz CT molecular complexity index is 517. The number of halogens is 2. The summed E-state index contributed by atoms with van der Waals surface area (Å²) in [7, 11) is 1.86. The molecule has 0 unspecified atom stereocenters. The maximum atomic E-state index is 13.6. The van der Waals surface area contributed by atoms with E-state index in [9.17, 15) is 8.78 Å². The van der Waals surface area contributed by atoms with E-state index < -0.39 is 11.6 Å². The van der Waals surface area contributed by atoms with Crippen molar-refractivity contribution < 1.29 is 13.2 Å². The van der Waals surface area contributed by atoms with Gasteiger partial charge in [0.05, 0.1) is 5.39 Å². The van der Waals surface area contributed by atoms with Crippen LogP contribution in [0.5, 0.6) is 0 Å². The minimum absolute atomic E-state index is 0.0104. The summed E-state index contributed by atoms with van der Waals surface area (Å²) in [6, 6.07) is 3.32. The van der Waals surface area contributed by atoms with E-state index in [4.69, 9.17) is 4.42 Å². The van der Waals surface area contributed by atoms with Crippen molar-refractivity contribution in [3.63, 3.8) is 0 Å². The van der Waals surface area contributed by atoms with Crippen LogP contribution in [-0.4, -0.2) is 13.1 Å². The van der Waals surface area contributed by atoms with Crippen LogP contribution in [0, 0.1) is 11.6 Å². The van der Waals surface area contributed by atoms with Gasteiger partial charge in [-0.1, -0.05) is 6.92 Å². The molecular weight excluding hydrogens is 224 g/mol. The molecule has 17 heavy (non-hydrogen) atoms. The van der Waals surface area contributed by atoms with E-state index in [2.05, 4.69) is 12.2 Å². The standard InChI is InChI=1S/C13H15F2NO/c1-3-9(16-2)4-8-5-10-12(15)7-17-13(10)11(14)6-8/h5-7,9,16H,3-4H2,1-2H3/t9-/m0/s1. The van der Waals surface area contributed by atoms with Crippen molar-refractivity contribution in [2.24, 2.45) is 0 Å². The third-order valence-electron chi connectivity index (χ3n) is 3.02. The average Bonchev–Trinajstić information content (AvgIpc) is 2.69. The zero-order chi connectivity index (χ0) is 12.4. The van der Waals surface area contributed by atoms with Gasteiger partial charge in [0.15, 0.2) is 17.2 Å². The van der Waals surface area contributed by atoms with Gasteiger partial charge in [0.25, 0.3) is 0 Å². The fourth-order valence-electron chi connectivity index (χ4n) is 1.97. The Balaban J connectivity index is 2.38. The Labute approximate surface area is 98.6 Å². The molecule has 2 rings (SSSR count). The highest BCUT2D eigenvalue weighted by Gasteiger charge is 2.13. The number of hydrogen-bond donors (Lipinski definition) is 1. The minimum Gasteiger partial charge on any atom is -0.458 e. The lowest BCUT2D eigenvalue weighted by molar-refractivity contribution is 0.530. The number of rotatable bonds is 4. The number of hydrogen-bond acceptors (Lipinski definition) is 2. The predicted molar refractivity (Wildman–Crippen MR) is 63.0 cm³/mol. The van der Waals surface area contributed by atoms with Crippen molar-refractivity contribution in [1.29, 1.82) is 0 Å². The summed E-state index contributed by atoms with van der Waals surface area (Å²) in [5.74, 6) is -1.02. The van der Waals surface area contributed by atoms with E-state index in [0.29, 0.717) is 6.42 Å². The molecule has 0 saturated heterocycles. The molecule has 1 N–H and O–H groups in total. The molecule has 0 fully saturated rings. The lowest BCUT2D eigenvalue weighted by atomic mass is 10.0. The van der Waals surface area contributed by atoms with Gasteiger partial charge in [0, 0.05) is 6.04 Å². The van der Waals surface area contributed by atoms with Crippen molar-refractivity contribution >= 4 is 11.0 Å². The number of benzene rings is 1. The van der Waals surface area contributed by atoms with Gasteiger partial charge in [0.2, 0.25) is 0 Å². The van der Waals surface area contributed by atoms with Crippen molar-refractivity contribution in [3.05, 3.63) is 35.6 Å². The molecule has 2 aromatic rings. The molecule has 1 aromatic carbocycles. The van der Waals surface area contributed by atoms with Crippen LogP contribution in [0.25, 0.3) is 11.0 Å². The Hall–Kier alpha value is -1.42. The third-order valence-corrected chi connectivity index (χ3v) is 3.02. The van der Waals surface area contributed by atoms with Gasteiger partial charge in [-0.15, -0.1) is 0 Å². The highest BCUT2D eigenvalue weighted by molar-refractivity contribution is 5.79. The van der Waals surface area contributed by atoms with Crippen LogP contribution in [-0.2, 0) is 6.42 Å². The van der Waals surface area contributed by atoms with E-state index >= 15 is 0 Å². The summed E-state index contributed by atoms with van der Waals surface area (Å²) in [5, 5.41) is 3.35. The number of furan rings is 1. The molecule has 1 heterocycles. The van der Waals surface area contributed by atoms with Crippen molar-refractivity contribution in [1.82, 2.24) is 5.32 Å². The second-order valence-electron chi connectivity index (χ2n) is 4.14. The zero-order valence-electron chi connectivity index (χ0n) is 9.89. The summed E-state index contributed by atoms with van der Waals surface area (Å²) >= 11 is 0. The van der Waals surface area contributed by atoms with Crippen LogP contribution >= 0.6 is 0 Å². The van der Waals surface area contributed by atoms with Gasteiger partial charge in [-0.05, 0) is 37.6 Å². The first-order chi connectivity index (χ1) is 8.15. The van der Waals surface area contributed by atoms with Gasteiger partial charge in [-0.3, -0.25) is 0 Å². The minimum atomic E-state index is -0.516. The molecule has 0 radical (unpaired) electrons. The van der Waals surface area contributed by atoms with E-state index in [-0.39, 0.29) is 17.0 Å². The molecule has 2 nitrogen and oxygen atoms in total. The Morgan fingerprint density at radius 2 is 2.06 bits per heavy atom. The van der Waals surface area contributed by atoms with Gasteiger partial charge < -0.3 is 9.73 Å². The molecule has 0 aliphatic carbocycles. The SMILES string of the molecule is CC[C@@H](Cc1cc(F)c2occ(F)c2c1)NC. The number of fused-ring (bicyclic) bond motifs is 1. The fourth-order valence-corrected chi connectivity index (χ4v) is 1.97. The van der Waals surface area contributed by atoms with Crippen LogP contribution in [0.3, 0.4) is 0 Å². The van der Waals surface area contributed by atoms with Crippen molar-refractivity contribution in [2.45, 2.75) is 25.8 Å². The smallest absolute Gasteiger partial charge is 0.172 e. The molecule has 0 saturated carbocycles. The Morgan fingerprint density at radius 3 is 2.71 bits per heavy atom. The molecule has 0 bridgehead atoms. The summed E-state index contributed by atoms with van der Waals surface area (Å²) in [6.07, 6.45) is 2.54. The highest BCUT2D eigenvalue weighted by Crippen LogP contribution is 2.25. The van der Waals surface area contributed by atoms with Crippen LogP contribution in [0.4, 0.5) is 8.78 Å². The first-order valence-corrected chi connectivity index (χ1v) is 5.68. The fraction of sp³-hybridized carbons (Fsp3) is 0.385. The van der Waals surface area contributed by atoms with Gasteiger partial charge in [-0.2, -0.15) is 0 Å². The van der Waals surface area contributed by atoms with Crippen LogP contribution in [0.2, 0.25) is 0 Å². The van der Waals surface area contributed by atoms with E-state index in [1.165, 1.54) is 6.07 Å². The Kier molecular flexibility index (Phi) is 3.43. The largest absolute Gasteiger partial charge is 0.458 e. The summed E-state index contributed by atoms with van der Waals surface area (Å²) in [4.78, 5) is 0. The lowest BCUT2D eigenvalue weighted by Crippen LogP contribution is -2.26. The zero-order valence-corrected chi connectivity index (χ0v) is 9.89. The highest BCUT2D eigenvalue weighted by atomic mass is 19.1. The summed E-state index contributed by atoms with van der Waals surface area (Å²) < 4.78 is 31.8. The molecule has 1 atom stereocenters. The molecule has 0 spiro atoms. The maximum Gasteiger partial charge on any atom is 0.172 e. The Morgan fingerprint density at radius 1 is 1.29 bits per heavy atom. The van der Waals surface area contributed by atoms with E-state index in [1.54, 1.807) is 6.07 Å². The van der Waals surface area contributed by atoms with E-state index in [0.717, 1.165) is 18.2 Å². The molecule has 0 amide bonds. The van der Waals surface area contributed by atoms with Gasteiger partial charge in [0.1, 0.15) is 6.26 Å². The van der Waals surface area contributed by atoms with E-state index in [1.807, 2.05) is 7.05 Å². The monoisotopic (exact) mass is 239 g/mol. The first kappa shape index (κ1) is 12.0. The topological polar surface area (TPSA) is 25.2 Å². The maximum absolute atomic E-state index is 13.6. The van der Waals surface area contributed by atoms with Crippen LogP contribution in [0.1, 0.15) is 18.9 Å². The molecule has 92 valence electrons. The third kappa shape index (κ3) is 2.31. The molecule has 0 aliphatic rings. The van der Waals surface area contributed by atoms with Crippen LogP contribution < -0.4 is 5.32 Å². The number of nitrogens with one attached hydrogen (secondary N) is 1. The lowest BCUT2D eigenvalue weighted by Gasteiger charge is -2.13. The van der Waals surface area contributed by atoms with Crippen molar-refractivity contribution in [2.75, 3.05) is 7.05 Å². The average molecular weight is 239 g/mol.